The lowest BCUT2D eigenvalue weighted by Gasteiger charge is -2.10. The summed E-state index contributed by atoms with van der Waals surface area (Å²) in [5.41, 5.74) is 6.02. The van der Waals surface area contributed by atoms with E-state index >= 15 is 0 Å². The van der Waals surface area contributed by atoms with Gasteiger partial charge in [-0.15, -0.1) is 0 Å². The van der Waals surface area contributed by atoms with Crippen LogP contribution in [0.25, 0.3) is 0 Å². The van der Waals surface area contributed by atoms with E-state index in [1.165, 1.54) is 0 Å². The first-order valence-electron chi connectivity index (χ1n) is 5.44. The number of carbonyl (C=O) groups is 1. The second kappa shape index (κ2) is 5.62. The van der Waals surface area contributed by atoms with Gasteiger partial charge in [-0.1, -0.05) is 22.0 Å². The first-order valence-corrected chi connectivity index (χ1v) is 6.23. The van der Waals surface area contributed by atoms with Crippen molar-refractivity contribution in [2.45, 2.75) is 0 Å². The van der Waals surface area contributed by atoms with Crippen LogP contribution in [-0.4, -0.2) is 16.6 Å². The van der Waals surface area contributed by atoms with Crippen LogP contribution in [0.1, 0.15) is 5.56 Å². The molecule has 0 spiro atoms. The van der Waals surface area contributed by atoms with Crippen molar-refractivity contribution >= 4 is 39.1 Å². The zero-order valence-electron chi connectivity index (χ0n) is 9.85. The van der Waals surface area contributed by atoms with E-state index in [0.717, 1.165) is 10.2 Å². The first-order chi connectivity index (χ1) is 9.08. The van der Waals surface area contributed by atoms with Gasteiger partial charge in [-0.05, 0) is 30.3 Å². The summed E-state index contributed by atoms with van der Waals surface area (Å²) in [4.78, 5) is 15.2. The van der Waals surface area contributed by atoms with Gasteiger partial charge in [0.15, 0.2) is 0 Å². The molecule has 1 heterocycles. The molecule has 0 atom stereocenters. The van der Waals surface area contributed by atoms with Gasteiger partial charge in [0.2, 0.25) is 0 Å². The quantitative estimate of drug-likeness (QED) is 0.756. The third-order valence-corrected chi connectivity index (χ3v) is 2.90. The summed E-state index contributed by atoms with van der Waals surface area (Å²) in [6.45, 7) is 0. The zero-order chi connectivity index (χ0) is 13.8. The number of halogens is 1. The molecule has 96 valence electrons. The molecule has 0 aliphatic rings. The third-order valence-electron chi connectivity index (χ3n) is 2.41. The third kappa shape index (κ3) is 3.17. The number of benzene rings is 1. The minimum absolute atomic E-state index is 0.273. The molecule has 0 aliphatic carbocycles. The number of rotatable bonds is 4. The van der Waals surface area contributed by atoms with Crippen molar-refractivity contribution in [3.63, 3.8) is 0 Å². The van der Waals surface area contributed by atoms with E-state index in [0.29, 0.717) is 11.4 Å². The molecule has 6 heteroatoms. The number of primary amides is 1. The normalized spacial score (nSPS) is 9.95. The Kier molecular flexibility index (Phi) is 3.91. The maximum Gasteiger partial charge on any atom is 0.267 e. The number of anilines is 2. The SMILES string of the molecule is N=C(C(N)=O)c1cccnc1Nc1cccc(Br)c1. The van der Waals surface area contributed by atoms with Crippen molar-refractivity contribution in [3.8, 4) is 0 Å². The maximum atomic E-state index is 11.1. The highest BCUT2D eigenvalue weighted by Crippen LogP contribution is 2.21. The van der Waals surface area contributed by atoms with Crippen LogP contribution in [0.5, 0.6) is 0 Å². The van der Waals surface area contributed by atoms with E-state index < -0.39 is 5.91 Å². The summed E-state index contributed by atoms with van der Waals surface area (Å²) in [5, 5.41) is 10.7. The second-order valence-electron chi connectivity index (χ2n) is 3.77. The predicted octanol–water partition coefficient (Wildman–Crippen LogP) is 2.44. The van der Waals surface area contributed by atoms with E-state index in [1.54, 1.807) is 18.3 Å². The van der Waals surface area contributed by atoms with Crippen molar-refractivity contribution in [2.75, 3.05) is 5.32 Å². The summed E-state index contributed by atoms with van der Waals surface area (Å²) >= 11 is 3.37. The largest absolute Gasteiger partial charge is 0.364 e. The molecular weight excluding hydrogens is 308 g/mol. The number of hydrogen-bond donors (Lipinski definition) is 3. The van der Waals surface area contributed by atoms with Crippen molar-refractivity contribution in [3.05, 3.63) is 52.6 Å². The number of carbonyl (C=O) groups excluding carboxylic acids is 1. The van der Waals surface area contributed by atoms with Crippen LogP contribution in [0, 0.1) is 5.41 Å². The van der Waals surface area contributed by atoms with Gasteiger partial charge in [0.1, 0.15) is 11.5 Å². The minimum Gasteiger partial charge on any atom is -0.364 e. The number of pyridine rings is 1. The fourth-order valence-electron chi connectivity index (χ4n) is 1.54. The van der Waals surface area contributed by atoms with Crippen LogP contribution >= 0.6 is 15.9 Å². The zero-order valence-corrected chi connectivity index (χ0v) is 11.4. The van der Waals surface area contributed by atoms with Gasteiger partial charge in [0.25, 0.3) is 5.91 Å². The Balaban J connectivity index is 2.35. The van der Waals surface area contributed by atoms with E-state index in [2.05, 4.69) is 26.2 Å². The minimum atomic E-state index is -0.787. The number of amides is 1. The predicted molar refractivity (Wildman–Crippen MR) is 77.7 cm³/mol. The molecule has 1 amide bonds. The average molecular weight is 319 g/mol. The van der Waals surface area contributed by atoms with E-state index in [4.69, 9.17) is 11.1 Å². The number of aromatic nitrogens is 1. The number of nitrogens with one attached hydrogen (secondary N) is 2. The molecule has 1 aromatic carbocycles. The van der Waals surface area contributed by atoms with Crippen LogP contribution in [0.4, 0.5) is 11.5 Å². The number of hydrogen-bond acceptors (Lipinski definition) is 4. The molecule has 0 unspecified atom stereocenters. The molecule has 2 aromatic rings. The van der Waals surface area contributed by atoms with Crippen molar-refractivity contribution in [2.24, 2.45) is 5.73 Å². The number of nitrogens with zero attached hydrogens (tertiary/aromatic N) is 1. The first kappa shape index (κ1) is 13.2. The highest BCUT2D eigenvalue weighted by Gasteiger charge is 2.13. The van der Waals surface area contributed by atoms with Gasteiger partial charge in [-0.2, -0.15) is 0 Å². The Bertz CT molecular complexity index is 642. The van der Waals surface area contributed by atoms with Gasteiger partial charge in [-0.25, -0.2) is 4.98 Å². The summed E-state index contributed by atoms with van der Waals surface area (Å²) in [5.74, 6) is -0.366. The van der Waals surface area contributed by atoms with E-state index in [9.17, 15) is 4.79 Å². The summed E-state index contributed by atoms with van der Waals surface area (Å²) < 4.78 is 0.917. The Morgan fingerprint density at radius 1 is 1.32 bits per heavy atom. The molecule has 19 heavy (non-hydrogen) atoms. The van der Waals surface area contributed by atoms with Crippen molar-refractivity contribution < 1.29 is 4.79 Å². The van der Waals surface area contributed by atoms with Gasteiger partial charge in [0, 0.05) is 21.9 Å². The molecule has 5 nitrogen and oxygen atoms in total. The standard InChI is InChI=1S/C13H11BrN4O/c14-8-3-1-4-9(7-8)18-13-10(5-2-6-17-13)11(15)12(16)19/h1-7,15H,(H2,16,19)(H,17,18). The monoisotopic (exact) mass is 318 g/mol. The molecule has 4 N–H and O–H groups in total. The van der Waals surface area contributed by atoms with Crippen LogP contribution in [-0.2, 0) is 4.79 Å². The number of nitrogens with two attached hydrogens (primary N) is 1. The van der Waals surface area contributed by atoms with Gasteiger partial charge < -0.3 is 11.1 Å². The van der Waals surface area contributed by atoms with Crippen LogP contribution in [0.2, 0.25) is 0 Å². The molecular formula is C13H11BrN4O. The Morgan fingerprint density at radius 3 is 2.79 bits per heavy atom. The summed E-state index contributed by atoms with van der Waals surface area (Å²) in [6.07, 6.45) is 1.58. The molecule has 0 saturated carbocycles. The molecule has 2 rings (SSSR count). The smallest absolute Gasteiger partial charge is 0.267 e. The lowest BCUT2D eigenvalue weighted by atomic mass is 10.1. The molecule has 0 radical (unpaired) electrons. The average Bonchev–Trinajstić information content (AvgIpc) is 2.38. The van der Waals surface area contributed by atoms with Gasteiger partial charge >= 0.3 is 0 Å². The van der Waals surface area contributed by atoms with Crippen molar-refractivity contribution in [1.29, 1.82) is 5.41 Å². The molecule has 0 aliphatic heterocycles. The lowest BCUT2D eigenvalue weighted by Crippen LogP contribution is -2.24. The molecule has 0 fully saturated rings. The van der Waals surface area contributed by atoms with Crippen molar-refractivity contribution in [1.82, 2.24) is 4.98 Å². The summed E-state index contributed by atoms with van der Waals surface area (Å²) in [7, 11) is 0. The highest BCUT2D eigenvalue weighted by atomic mass is 79.9. The van der Waals surface area contributed by atoms with Crippen LogP contribution in [0.3, 0.4) is 0 Å². The van der Waals surface area contributed by atoms with E-state index in [1.807, 2.05) is 24.3 Å². The van der Waals surface area contributed by atoms with Gasteiger partial charge in [0.05, 0.1) is 0 Å². The lowest BCUT2D eigenvalue weighted by molar-refractivity contribution is -0.112. The molecule has 0 bridgehead atoms. The van der Waals surface area contributed by atoms with Gasteiger partial charge in [-0.3, -0.25) is 10.2 Å². The Morgan fingerprint density at radius 2 is 2.11 bits per heavy atom. The second-order valence-corrected chi connectivity index (χ2v) is 4.69. The highest BCUT2D eigenvalue weighted by molar-refractivity contribution is 9.10. The topological polar surface area (TPSA) is 91.9 Å². The fraction of sp³-hybridized carbons (Fsp3) is 0. The van der Waals surface area contributed by atoms with Crippen LogP contribution in [0.15, 0.2) is 47.1 Å². The Hall–Kier alpha value is -2.21. The summed E-state index contributed by atoms with van der Waals surface area (Å²) in [6, 6.07) is 10.8. The van der Waals surface area contributed by atoms with E-state index in [-0.39, 0.29) is 5.71 Å². The molecule has 0 saturated heterocycles. The molecule has 1 aromatic heterocycles. The Labute approximate surface area is 118 Å². The van der Waals surface area contributed by atoms with Crippen LogP contribution < -0.4 is 11.1 Å². The fourth-order valence-corrected chi connectivity index (χ4v) is 1.94. The maximum absolute atomic E-state index is 11.1.